The molecule has 0 saturated heterocycles. The first-order valence-corrected chi connectivity index (χ1v) is 11.8. The van der Waals surface area contributed by atoms with E-state index < -0.39 is 42.5 Å². The van der Waals surface area contributed by atoms with Crippen molar-refractivity contribution >= 4 is 23.4 Å². The average molecular weight is 510 g/mol. The zero-order valence-corrected chi connectivity index (χ0v) is 20.5. The van der Waals surface area contributed by atoms with Gasteiger partial charge in [-0.1, -0.05) is 47.9 Å². The lowest BCUT2D eigenvalue weighted by atomic mass is 9.79. The van der Waals surface area contributed by atoms with Crippen molar-refractivity contribution in [2.24, 2.45) is 0 Å². The molecule has 2 heterocycles. The second kappa shape index (κ2) is 13.0. The fraction of sp³-hybridized carbons (Fsp3) is 0.296. The lowest BCUT2D eigenvalue weighted by Gasteiger charge is -2.45. The minimum Gasteiger partial charge on any atom is -0.394 e. The lowest BCUT2D eigenvalue weighted by Crippen LogP contribution is -2.59. The van der Waals surface area contributed by atoms with Gasteiger partial charge in [0.05, 0.1) is 36.4 Å². The summed E-state index contributed by atoms with van der Waals surface area (Å²) in [5, 5.41) is 20.7. The van der Waals surface area contributed by atoms with Gasteiger partial charge in [-0.3, -0.25) is 19.4 Å². The van der Waals surface area contributed by atoms with Crippen LogP contribution < -0.4 is 5.48 Å². The Morgan fingerprint density at radius 1 is 1.33 bits per heavy atom. The lowest BCUT2D eigenvalue weighted by molar-refractivity contribution is -0.138. The zero-order valence-electron chi connectivity index (χ0n) is 19.8. The Morgan fingerprint density at radius 3 is 2.75 bits per heavy atom. The van der Waals surface area contributed by atoms with Crippen LogP contribution in [0.25, 0.3) is 0 Å². The van der Waals surface area contributed by atoms with Gasteiger partial charge in [0.2, 0.25) is 0 Å². The second-order valence-corrected chi connectivity index (χ2v) is 8.68. The maximum atomic E-state index is 13.5. The molecule has 2 aromatic rings. The summed E-state index contributed by atoms with van der Waals surface area (Å²) in [5.41, 5.74) is 3.94. The zero-order chi connectivity index (χ0) is 26.1. The summed E-state index contributed by atoms with van der Waals surface area (Å²) >= 11 is 6.08. The summed E-state index contributed by atoms with van der Waals surface area (Å²) in [6.45, 7) is 1.04. The van der Waals surface area contributed by atoms with Gasteiger partial charge >= 0.3 is 0 Å². The van der Waals surface area contributed by atoms with Crippen LogP contribution >= 0.6 is 11.6 Å². The van der Waals surface area contributed by atoms with Crippen LogP contribution in [0.5, 0.6) is 0 Å². The highest BCUT2D eigenvalue weighted by atomic mass is 35.5. The van der Waals surface area contributed by atoms with Crippen LogP contribution in [0.4, 0.5) is 0 Å². The van der Waals surface area contributed by atoms with Gasteiger partial charge in [-0.05, 0) is 43.2 Å². The molecule has 4 atom stereocenters. The number of nitrogens with one attached hydrogen (secondary N) is 1. The minimum absolute atomic E-state index is 0.0492. The quantitative estimate of drug-likeness (QED) is 0.258. The Balaban J connectivity index is 1.98. The number of terminal acetylenes is 1. The van der Waals surface area contributed by atoms with E-state index >= 15 is 0 Å². The van der Waals surface area contributed by atoms with E-state index in [1.54, 1.807) is 54.7 Å². The van der Waals surface area contributed by atoms with E-state index in [9.17, 15) is 19.8 Å². The number of allylic oxidation sites excluding steroid dienone is 3. The maximum absolute atomic E-state index is 13.5. The number of aromatic nitrogens is 1. The largest absolute Gasteiger partial charge is 0.394 e. The van der Waals surface area contributed by atoms with Crippen molar-refractivity contribution in [3.8, 4) is 12.3 Å². The molecule has 1 aliphatic heterocycles. The number of benzene rings is 1. The Bertz CT molecular complexity index is 1160. The van der Waals surface area contributed by atoms with Crippen molar-refractivity contribution in [1.29, 1.82) is 0 Å². The van der Waals surface area contributed by atoms with Crippen LogP contribution in [0.1, 0.15) is 40.9 Å². The van der Waals surface area contributed by atoms with E-state index in [0.717, 1.165) is 0 Å². The highest BCUT2D eigenvalue weighted by molar-refractivity contribution is 6.31. The van der Waals surface area contributed by atoms with Crippen LogP contribution in [0.2, 0.25) is 0 Å². The number of halogens is 1. The maximum Gasteiger partial charge on any atom is 0.254 e. The van der Waals surface area contributed by atoms with Crippen molar-refractivity contribution in [2.75, 3.05) is 6.61 Å². The molecule has 0 aliphatic carbocycles. The normalized spacial score (nSPS) is 19.5. The summed E-state index contributed by atoms with van der Waals surface area (Å²) < 4.78 is 0. The molecule has 3 N–H and O–H groups in total. The van der Waals surface area contributed by atoms with Gasteiger partial charge in [0, 0.05) is 22.9 Å². The van der Waals surface area contributed by atoms with Crippen LogP contribution in [-0.2, 0) is 16.2 Å². The van der Waals surface area contributed by atoms with Gasteiger partial charge in [0.1, 0.15) is 6.61 Å². The first-order valence-electron chi connectivity index (χ1n) is 11.4. The molecular weight excluding hydrogens is 482 g/mol. The monoisotopic (exact) mass is 509 g/mol. The molecule has 3 rings (SSSR count). The molecule has 36 heavy (non-hydrogen) atoms. The number of rotatable bonds is 10. The third-order valence-electron chi connectivity index (χ3n) is 5.88. The molecule has 1 aromatic heterocycles. The van der Waals surface area contributed by atoms with Crippen molar-refractivity contribution < 1.29 is 24.6 Å². The molecule has 0 saturated carbocycles. The molecule has 0 fully saturated rings. The SMILES string of the molecule is C#C/C=C(Cl)\C=C/C[C@H]1[C@H](C(=O)NOCc2ccccn2)c2ccccc2C(=O)N1[C@H](CO)[C@@H](C)O. The molecule has 0 bridgehead atoms. The third-order valence-corrected chi connectivity index (χ3v) is 6.12. The molecule has 188 valence electrons. The Kier molecular flexibility index (Phi) is 9.79. The standard InChI is InChI=1S/C27H28ClN3O5/c1-3-9-19(28)10-8-14-23-25(26(34)30-36-17-20-11-6-7-15-29-20)21-12-4-5-13-22(21)27(35)31(23)24(16-32)18(2)33/h1,4-13,15,18,23-25,32-33H,14,16-17H2,2H3,(H,30,34)/b10-8-,19-9+/t18-,23+,24-,25-/m1/s1. The van der Waals surface area contributed by atoms with Crippen molar-refractivity contribution in [3.05, 3.63) is 88.7 Å². The summed E-state index contributed by atoms with van der Waals surface area (Å²) in [7, 11) is 0. The summed E-state index contributed by atoms with van der Waals surface area (Å²) in [6.07, 6.45) is 10.7. The topological polar surface area (TPSA) is 112 Å². The number of aliphatic hydroxyl groups is 2. The summed E-state index contributed by atoms with van der Waals surface area (Å²) in [6, 6.07) is 10.4. The van der Waals surface area contributed by atoms with Crippen LogP contribution in [0, 0.1) is 12.3 Å². The van der Waals surface area contributed by atoms with Crippen LogP contribution in [0.3, 0.4) is 0 Å². The van der Waals surface area contributed by atoms with Crippen molar-refractivity contribution in [2.45, 2.75) is 44.1 Å². The number of hydrogen-bond acceptors (Lipinski definition) is 6. The van der Waals surface area contributed by atoms with Gasteiger partial charge in [-0.25, -0.2) is 5.48 Å². The van der Waals surface area contributed by atoms with E-state index in [1.807, 2.05) is 6.07 Å². The number of nitrogens with zero attached hydrogens (tertiary/aromatic N) is 2. The fourth-order valence-corrected chi connectivity index (χ4v) is 4.38. The van der Waals surface area contributed by atoms with Crippen LogP contribution in [0.15, 0.2) is 71.9 Å². The highest BCUT2D eigenvalue weighted by Gasteiger charge is 2.46. The van der Waals surface area contributed by atoms with E-state index in [4.69, 9.17) is 22.9 Å². The molecule has 9 heteroatoms. The Hall–Kier alpha value is -3.48. The number of hydroxylamine groups is 1. The summed E-state index contributed by atoms with van der Waals surface area (Å²) in [5.74, 6) is 0.584. The van der Waals surface area contributed by atoms with E-state index in [0.29, 0.717) is 21.9 Å². The smallest absolute Gasteiger partial charge is 0.254 e. The van der Waals surface area contributed by atoms with Gasteiger partial charge in [0.25, 0.3) is 11.8 Å². The predicted molar refractivity (Wildman–Crippen MR) is 135 cm³/mol. The third kappa shape index (κ3) is 6.39. The number of amides is 2. The number of carbonyl (C=O) groups excluding carboxylic acids is 2. The average Bonchev–Trinajstić information content (AvgIpc) is 2.87. The Morgan fingerprint density at radius 2 is 2.08 bits per heavy atom. The van der Waals surface area contributed by atoms with E-state index in [2.05, 4.69) is 16.4 Å². The number of aliphatic hydroxyl groups excluding tert-OH is 2. The highest BCUT2D eigenvalue weighted by Crippen LogP contribution is 2.37. The molecular formula is C27H28ClN3O5. The van der Waals surface area contributed by atoms with Gasteiger partial charge in [0.15, 0.2) is 0 Å². The molecule has 1 aromatic carbocycles. The Labute approximate surface area is 215 Å². The van der Waals surface area contributed by atoms with Gasteiger partial charge in [-0.2, -0.15) is 0 Å². The first kappa shape index (κ1) is 27.1. The van der Waals surface area contributed by atoms with Crippen molar-refractivity contribution in [1.82, 2.24) is 15.4 Å². The van der Waals surface area contributed by atoms with E-state index in [-0.39, 0.29) is 13.0 Å². The number of hydrogen-bond donors (Lipinski definition) is 3. The minimum atomic E-state index is -1.05. The molecule has 2 amide bonds. The van der Waals surface area contributed by atoms with Crippen molar-refractivity contribution in [3.63, 3.8) is 0 Å². The molecule has 0 spiro atoms. The molecule has 8 nitrogen and oxygen atoms in total. The molecule has 0 radical (unpaired) electrons. The number of carbonyl (C=O) groups is 2. The predicted octanol–water partition coefficient (Wildman–Crippen LogP) is 2.68. The number of pyridine rings is 1. The fourth-order valence-electron chi connectivity index (χ4n) is 4.23. The van der Waals surface area contributed by atoms with E-state index in [1.165, 1.54) is 17.9 Å². The molecule has 0 unspecified atom stereocenters. The van der Waals surface area contributed by atoms with Gasteiger partial charge in [-0.15, -0.1) is 6.42 Å². The molecule has 1 aliphatic rings. The van der Waals surface area contributed by atoms with Crippen LogP contribution in [-0.4, -0.2) is 56.7 Å². The summed E-state index contributed by atoms with van der Waals surface area (Å²) in [4.78, 5) is 38.0. The van der Waals surface area contributed by atoms with Gasteiger partial charge < -0.3 is 15.1 Å². The number of fused-ring (bicyclic) bond motifs is 1. The second-order valence-electron chi connectivity index (χ2n) is 8.25. The first-order chi connectivity index (χ1) is 17.4.